The van der Waals surface area contributed by atoms with Crippen molar-refractivity contribution in [1.29, 1.82) is 0 Å². The van der Waals surface area contributed by atoms with Crippen molar-refractivity contribution >= 4 is 5.91 Å². The molecule has 1 amide bonds. The van der Waals surface area contributed by atoms with Crippen LogP contribution < -0.4 is 20.5 Å². The lowest BCUT2D eigenvalue weighted by atomic mass is 9.96. The van der Waals surface area contributed by atoms with E-state index >= 15 is 0 Å². The van der Waals surface area contributed by atoms with Crippen molar-refractivity contribution in [3.8, 4) is 11.5 Å². The van der Waals surface area contributed by atoms with Crippen LogP contribution in [0.5, 0.6) is 11.5 Å². The predicted octanol–water partition coefficient (Wildman–Crippen LogP) is 1.60. The van der Waals surface area contributed by atoms with Gasteiger partial charge in [-0.2, -0.15) is 0 Å². The first kappa shape index (κ1) is 14.2. The number of primary amides is 1. The first-order valence-electron chi connectivity index (χ1n) is 7.50. The standard InChI is InChI=1S/C16H22N2O3/c1-20-12-4-6-13(7-5-12)21-14-8-9-16(10-14,15(17)19)18-11-2-3-11/h4-7,11,14,18H,2-3,8-10H2,1H3,(H2,17,19). The van der Waals surface area contributed by atoms with Crippen molar-refractivity contribution in [2.45, 2.75) is 49.8 Å². The van der Waals surface area contributed by atoms with E-state index in [0.717, 1.165) is 37.2 Å². The molecule has 0 radical (unpaired) electrons. The third kappa shape index (κ3) is 3.13. The number of rotatable bonds is 6. The van der Waals surface area contributed by atoms with Crippen LogP contribution in [0, 0.1) is 0 Å². The van der Waals surface area contributed by atoms with Gasteiger partial charge in [-0.05, 0) is 49.9 Å². The van der Waals surface area contributed by atoms with E-state index in [4.69, 9.17) is 15.2 Å². The van der Waals surface area contributed by atoms with Crippen LogP contribution in [0.15, 0.2) is 24.3 Å². The molecule has 2 unspecified atom stereocenters. The lowest BCUT2D eigenvalue weighted by molar-refractivity contribution is -0.124. The molecule has 21 heavy (non-hydrogen) atoms. The molecule has 1 aromatic carbocycles. The van der Waals surface area contributed by atoms with Crippen LogP contribution in [-0.2, 0) is 4.79 Å². The summed E-state index contributed by atoms with van der Waals surface area (Å²) >= 11 is 0. The minimum atomic E-state index is -0.585. The smallest absolute Gasteiger partial charge is 0.237 e. The van der Waals surface area contributed by atoms with Gasteiger partial charge in [-0.3, -0.25) is 4.79 Å². The molecule has 3 rings (SSSR count). The molecule has 3 N–H and O–H groups in total. The molecule has 2 saturated carbocycles. The number of nitrogens with one attached hydrogen (secondary N) is 1. The van der Waals surface area contributed by atoms with Gasteiger partial charge in [0.2, 0.25) is 5.91 Å². The van der Waals surface area contributed by atoms with Gasteiger partial charge < -0.3 is 20.5 Å². The molecular weight excluding hydrogens is 268 g/mol. The van der Waals surface area contributed by atoms with Crippen molar-refractivity contribution in [2.75, 3.05) is 7.11 Å². The first-order chi connectivity index (χ1) is 10.1. The highest BCUT2D eigenvalue weighted by Crippen LogP contribution is 2.36. The summed E-state index contributed by atoms with van der Waals surface area (Å²) < 4.78 is 11.1. The number of ether oxygens (including phenoxy) is 2. The number of benzene rings is 1. The van der Waals surface area contributed by atoms with Gasteiger partial charge >= 0.3 is 0 Å². The molecule has 2 fully saturated rings. The second-order valence-electron chi connectivity index (χ2n) is 6.02. The van der Waals surface area contributed by atoms with Crippen molar-refractivity contribution < 1.29 is 14.3 Å². The second-order valence-corrected chi connectivity index (χ2v) is 6.02. The van der Waals surface area contributed by atoms with Crippen LogP contribution in [0.2, 0.25) is 0 Å². The van der Waals surface area contributed by atoms with Gasteiger partial charge in [0.25, 0.3) is 0 Å². The molecule has 0 heterocycles. The zero-order valence-corrected chi connectivity index (χ0v) is 12.3. The van der Waals surface area contributed by atoms with Gasteiger partial charge in [-0.15, -0.1) is 0 Å². The van der Waals surface area contributed by atoms with E-state index in [1.807, 2.05) is 24.3 Å². The number of carbonyl (C=O) groups excluding carboxylic acids is 1. The van der Waals surface area contributed by atoms with Crippen molar-refractivity contribution in [1.82, 2.24) is 5.32 Å². The number of nitrogens with two attached hydrogens (primary N) is 1. The molecule has 5 nitrogen and oxygen atoms in total. The van der Waals surface area contributed by atoms with Crippen LogP contribution in [0.4, 0.5) is 0 Å². The lowest BCUT2D eigenvalue weighted by Gasteiger charge is -2.27. The highest BCUT2D eigenvalue weighted by Gasteiger charge is 2.47. The van der Waals surface area contributed by atoms with Crippen molar-refractivity contribution in [3.63, 3.8) is 0 Å². The summed E-state index contributed by atoms with van der Waals surface area (Å²) in [6.07, 6.45) is 4.54. The van der Waals surface area contributed by atoms with Gasteiger partial charge in [0, 0.05) is 12.5 Å². The van der Waals surface area contributed by atoms with E-state index in [0.29, 0.717) is 12.5 Å². The van der Waals surface area contributed by atoms with Crippen molar-refractivity contribution in [3.05, 3.63) is 24.3 Å². The molecule has 1 aromatic rings. The summed E-state index contributed by atoms with van der Waals surface area (Å²) in [4.78, 5) is 11.9. The summed E-state index contributed by atoms with van der Waals surface area (Å²) in [5, 5.41) is 3.43. The maximum Gasteiger partial charge on any atom is 0.237 e. The minimum absolute atomic E-state index is 0.0251. The maximum atomic E-state index is 11.9. The zero-order chi connectivity index (χ0) is 14.9. The Morgan fingerprint density at radius 2 is 1.90 bits per heavy atom. The fourth-order valence-electron chi connectivity index (χ4n) is 2.99. The number of carbonyl (C=O) groups is 1. The molecular formula is C16H22N2O3. The van der Waals surface area contributed by atoms with E-state index in [1.165, 1.54) is 0 Å². The quantitative estimate of drug-likeness (QED) is 0.834. The van der Waals surface area contributed by atoms with Gasteiger partial charge in [0.05, 0.1) is 7.11 Å². The topological polar surface area (TPSA) is 73.6 Å². The third-order valence-corrected chi connectivity index (χ3v) is 4.36. The monoisotopic (exact) mass is 290 g/mol. The highest BCUT2D eigenvalue weighted by molar-refractivity contribution is 5.85. The van der Waals surface area contributed by atoms with Gasteiger partial charge in [0.1, 0.15) is 23.1 Å². The summed E-state index contributed by atoms with van der Waals surface area (Å²) in [5.41, 5.74) is 5.04. The van der Waals surface area contributed by atoms with Crippen LogP contribution in [0.3, 0.4) is 0 Å². The van der Waals surface area contributed by atoms with E-state index in [-0.39, 0.29) is 12.0 Å². The Bertz CT molecular complexity index is 513. The average molecular weight is 290 g/mol. The highest BCUT2D eigenvalue weighted by atomic mass is 16.5. The zero-order valence-electron chi connectivity index (χ0n) is 12.3. The van der Waals surface area contributed by atoms with E-state index in [9.17, 15) is 4.79 Å². The molecule has 5 heteroatoms. The fraction of sp³-hybridized carbons (Fsp3) is 0.562. The molecule has 0 aromatic heterocycles. The molecule has 0 saturated heterocycles. The lowest BCUT2D eigenvalue weighted by Crippen LogP contribution is -2.55. The number of hydrogen-bond acceptors (Lipinski definition) is 4. The Balaban J connectivity index is 1.63. The van der Waals surface area contributed by atoms with Crippen LogP contribution in [0.1, 0.15) is 32.1 Å². The van der Waals surface area contributed by atoms with Crippen LogP contribution in [-0.4, -0.2) is 30.7 Å². The van der Waals surface area contributed by atoms with E-state index < -0.39 is 5.54 Å². The molecule has 2 aliphatic rings. The SMILES string of the molecule is COc1ccc(OC2CCC(NC3CC3)(C(N)=O)C2)cc1. The van der Waals surface area contributed by atoms with Crippen LogP contribution >= 0.6 is 0 Å². The third-order valence-electron chi connectivity index (χ3n) is 4.36. The largest absolute Gasteiger partial charge is 0.497 e. The Labute approximate surface area is 124 Å². The molecule has 2 atom stereocenters. The maximum absolute atomic E-state index is 11.9. The Hall–Kier alpha value is -1.75. The van der Waals surface area contributed by atoms with E-state index in [1.54, 1.807) is 7.11 Å². The van der Waals surface area contributed by atoms with E-state index in [2.05, 4.69) is 5.32 Å². The number of amides is 1. The van der Waals surface area contributed by atoms with Gasteiger partial charge in [0.15, 0.2) is 0 Å². The molecule has 0 bridgehead atoms. The first-order valence-corrected chi connectivity index (χ1v) is 7.50. The minimum Gasteiger partial charge on any atom is -0.497 e. The average Bonchev–Trinajstić information content (AvgIpc) is 3.19. The normalized spacial score (nSPS) is 28.3. The second kappa shape index (κ2) is 5.56. The van der Waals surface area contributed by atoms with Crippen LogP contribution in [0.25, 0.3) is 0 Å². The summed E-state index contributed by atoms with van der Waals surface area (Å²) in [7, 11) is 1.64. The number of methoxy groups -OCH3 is 1. The molecule has 0 aliphatic heterocycles. The number of hydrogen-bond donors (Lipinski definition) is 2. The predicted molar refractivity (Wildman–Crippen MR) is 79.3 cm³/mol. The Morgan fingerprint density at radius 1 is 1.24 bits per heavy atom. The molecule has 0 spiro atoms. The summed E-state index contributed by atoms with van der Waals surface area (Å²) in [6, 6.07) is 7.97. The molecule has 2 aliphatic carbocycles. The van der Waals surface area contributed by atoms with Crippen molar-refractivity contribution in [2.24, 2.45) is 5.73 Å². The molecule has 114 valence electrons. The Morgan fingerprint density at radius 3 is 2.48 bits per heavy atom. The fourth-order valence-corrected chi connectivity index (χ4v) is 2.99. The van der Waals surface area contributed by atoms with Gasteiger partial charge in [-0.1, -0.05) is 0 Å². The summed E-state index contributed by atoms with van der Waals surface area (Å²) in [5.74, 6) is 1.35. The van der Waals surface area contributed by atoms with Gasteiger partial charge in [-0.25, -0.2) is 0 Å². The Kier molecular flexibility index (Phi) is 3.76. The summed E-state index contributed by atoms with van der Waals surface area (Å²) in [6.45, 7) is 0.